The molecule has 0 N–H and O–H groups in total. The number of halogens is 2. The maximum absolute atomic E-state index is 13.6. The number of nitrogens with zero attached hydrogens (tertiary/aromatic N) is 4. The van der Waals surface area contributed by atoms with Gasteiger partial charge in [0.05, 0.1) is 22.0 Å². The van der Waals surface area contributed by atoms with Gasteiger partial charge in [0.15, 0.2) is 0 Å². The molecule has 1 saturated heterocycles. The molecule has 0 bridgehead atoms. The van der Waals surface area contributed by atoms with E-state index in [4.69, 9.17) is 5.26 Å². The largest absolute Gasteiger partial charge is 0.363 e. The van der Waals surface area contributed by atoms with Gasteiger partial charge >= 0.3 is 0 Å². The van der Waals surface area contributed by atoms with Crippen molar-refractivity contribution in [1.82, 2.24) is 4.90 Å². The molecule has 106 valence electrons. The van der Waals surface area contributed by atoms with Gasteiger partial charge in [0, 0.05) is 38.3 Å². The Morgan fingerprint density at radius 3 is 2.60 bits per heavy atom. The van der Waals surface area contributed by atoms with Crippen molar-refractivity contribution in [3.05, 3.63) is 32.5 Å². The number of benzene rings is 1. The molecule has 0 aliphatic carbocycles. The Balaban J connectivity index is 2.23. The molecule has 0 aromatic heterocycles. The number of hydrogen-bond donors (Lipinski definition) is 0. The predicted octanol–water partition coefficient (Wildman–Crippen LogP) is 2.14. The first kappa shape index (κ1) is 14.7. The lowest BCUT2D eigenvalue weighted by atomic mass is 10.2. The topological polar surface area (TPSA) is 73.4 Å². The highest BCUT2D eigenvalue weighted by molar-refractivity contribution is 9.10. The average Bonchev–Trinajstić information content (AvgIpc) is 2.42. The fourth-order valence-corrected chi connectivity index (χ4v) is 2.50. The highest BCUT2D eigenvalue weighted by Crippen LogP contribution is 2.33. The molecule has 0 radical (unpaired) electrons. The summed E-state index contributed by atoms with van der Waals surface area (Å²) < 4.78 is 13.7. The third kappa shape index (κ3) is 3.05. The van der Waals surface area contributed by atoms with Crippen molar-refractivity contribution < 1.29 is 9.31 Å². The Bertz CT molecular complexity index is 567. The van der Waals surface area contributed by atoms with E-state index in [0.29, 0.717) is 32.7 Å². The molecule has 1 heterocycles. The first-order chi connectivity index (χ1) is 9.52. The molecule has 1 aromatic rings. The summed E-state index contributed by atoms with van der Waals surface area (Å²) in [5, 5.41) is 19.7. The second-order valence-electron chi connectivity index (χ2n) is 4.43. The van der Waals surface area contributed by atoms with Gasteiger partial charge in [0.1, 0.15) is 11.5 Å². The SMILES string of the molecule is N#CCN1CCN(c2cc(F)c(Br)cc2[N+](=O)[O-])CC1. The zero-order valence-corrected chi connectivity index (χ0v) is 12.1. The van der Waals surface area contributed by atoms with Crippen LogP contribution in [-0.2, 0) is 0 Å². The molecule has 2 rings (SSSR count). The summed E-state index contributed by atoms with van der Waals surface area (Å²) in [4.78, 5) is 14.3. The summed E-state index contributed by atoms with van der Waals surface area (Å²) in [5.74, 6) is -0.523. The zero-order chi connectivity index (χ0) is 14.7. The van der Waals surface area contributed by atoms with Crippen molar-refractivity contribution >= 4 is 27.3 Å². The monoisotopic (exact) mass is 342 g/mol. The lowest BCUT2D eigenvalue weighted by Gasteiger charge is -2.34. The number of rotatable bonds is 3. The van der Waals surface area contributed by atoms with Crippen LogP contribution in [0.4, 0.5) is 15.8 Å². The van der Waals surface area contributed by atoms with E-state index in [9.17, 15) is 14.5 Å². The van der Waals surface area contributed by atoms with Crippen LogP contribution in [-0.4, -0.2) is 42.5 Å². The molecule has 1 aliphatic rings. The molecule has 6 nitrogen and oxygen atoms in total. The first-order valence-electron chi connectivity index (χ1n) is 6.00. The predicted molar refractivity (Wildman–Crippen MR) is 75.0 cm³/mol. The molecule has 8 heteroatoms. The molecule has 0 atom stereocenters. The van der Waals surface area contributed by atoms with Gasteiger partial charge in [0.2, 0.25) is 0 Å². The number of piperazine rings is 1. The summed E-state index contributed by atoms with van der Waals surface area (Å²) in [6, 6.07) is 4.44. The Labute approximate surface area is 123 Å². The summed E-state index contributed by atoms with van der Waals surface area (Å²) in [6.45, 7) is 2.66. The second kappa shape index (κ2) is 6.15. The minimum absolute atomic E-state index is 0.0797. The van der Waals surface area contributed by atoms with Crippen LogP contribution in [0.25, 0.3) is 0 Å². The normalized spacial score (nSPS) is 15.9. The van der Waals surface area contributed by atoms with Crippen LogP contribution in [0.15, 0.2) is 16.6 Å². The van der Waals surface area contributed by atoms with Crippen molar-refractivity contribution in [2.45, 2.75) is 0 Å². The van der Waals surface area contributed by atoms with Gasteiger partial charge in [-0.25, -0.2) is 4.39 Å². The number of anilines is 1. The van der Waals surface area contributed by atoms with Crippen LogP contribution >= 0.6 is 15.9 Å². The number of hydrogen-bond acceptors (Lipinski definition) is 5. The lowest BCUT2D eigenvalue weighted by molar-refractivity contribution is -0.384. The highest BCUT2D eigenvalue weighted by Gasteiger charge is 2.25. The van der Waals surface area contributed by atoms with Crippen molar-refractivity contribution in [2.75, 3.05) is 37.6 Å². The minimum atomic E-state index is -0.523. The Morgan fingerprint density at radius 2 is 2.05 bits per heavy atom. The van der Waals surface area contributed by atoms with Crippen LogP contribution in [0.2, 0.25) is 0 Å². The van der Waals surface area contributed by atoms with Gasteiger partial charge in [-0.15, -0.1) is 0 Å². The van der Waals surface area contributed by atoms with Crippen LogP contribution in [0.3, 0.4) is 0 Å². The number of nitro groups is 1. The van der Waals surface area contributed by atoms with E-state index in [-0.39, 0.29) is 15.8 Å². The van der Waals surface area contributed by atoms with Crippen LogP contribution in [0.1, 0.15) is 0 Å². The van der Waals surface area contributed by atoms with Crippen LogP contribution in [0.5, 0.6) is 0 Å². The summed E-state index contributed by atoms with van der Waals surface area (Å²) in [5.41, 5.74) is 0.166. The summed E-state index contributed by atoms with van der Waals surface area (Å²) >= 11 is 2.96. The van der Waals surface area contributed by atoms with E-state index in [1.54, 1.807) is 4.90 Å². The van der Waals surface area contributed by atoms with E-state index in [0.717, 1.165) is 0 Å². The first-order valence-corrected chi connectivity index (χ1v) is 6.80. The van der Waals surface area contributed by atoms with E-state index in [1.165, 1.54) is 12.1 Å². The molecular weight excluding hydrogens is 331 g/mol. The molecule has 1 aliphatic heterocycles. The minimum Gasteiger partial charge on any atom is -0.363 e. The average molecular weight is 343 g/mol. The molecule has 0 unspecified atom stereocenters. The van der Waals surface area contributed by atoms with Gasteiger partial charge in [-0.2, -0.15) is 5.26 Å². The van der Waals surface area contributed by atoms with Crippen molar-refractivity contribution in [1.29, 1.82) is 5.26 Å². The Morgan fingerprint density at radius 1 is 1.40 bits per heavy atom. The smallest absolute Gasteiger partial charge is 0.293 e. The maximum atomic E-state index is 13.6. The third-order valence-electron chi connectivity index (χ3n) is 3.22. The third-order valence-corrected chi connectivity index (χ3v) is 3.83. The van der Waals surface area contributed by atoms with Gasteiger partial charge in [-0.3, -0.25) is 15.0 Å². The summed E-state index contributed by atoms with van der Waals surface area (Å²) in [6.07, 6.45) is 0. The zero-order valence-electron chi connectivity index (χ0n) is 10.6. The van der Waals surface area contributed by atoms with Crippen LogP contribution < -0.4 is 4.90 Å². The quantitative estimate of drug-likeness (QED) is 0.478. The number of nitriles is 1. The van der Waals surface area contributed by atoms with Crippen molar-refractivity contribution in [2.24, 2.45) is 0 Å². The Kier molecular flexibility index (Phi) is 4.52. The highest BCUT2D eigenvalue weighted by atomic mass is 79.9. The van der Waals surface area contributed by atoms with Gasteiger partial charge in [-0.1, -0.05) is 0 Å². The molecule has 20 heavy (non-hydrogen) atoms. The van der Waals surface area contributed by atoms with E-state index < -0.39 is 10.7 Å². The van der Waals surface area contributed by atoms with E-state index >= 15 is 0 Å². The van der Waals surface area contributed by atoms with Gasteiger partial charge < -0.3 is 4.90 Å². The molecule has 0 saturated carbocycles. The van der Waals surface area contributed by atoms with E-state index in [1.807, 2.05) is 4.90 Å². The van der Waals surface area contributed by atoms with Crippen molar-refractivity contribution in [3.8, 4) is 6.07 Å². The Hall–Kier alpha value is -1.72. The number of nitro benzene ring substituents is 1. The maximum Gasteiger partial charge on any atom is 0.293 e. The van der Waals surface area contributed by atoms with Crippen molar-refractivity contribution in [3.63, 3.8) is 0 Å². The molecule has 1 fully saturated rings. The molecule has 0 amide bonds. The lowest BCUT2D eigenvalue weighted by Crippen LogP contribution is -2.46. The summed E-state index contributed by atoms with van der Waals surface area (Å²) in [7, 11) is 0. The fraction of sp³-hybridized carbons (Fsp3) is 0.417. The fourth-order valence-electron chi connectivity index (χ4n) is 2.17. The van der Waals surface area contributed by atoms with Gasteiger partial charge in [-0.05, 0) is 15.9 Å². The van der Waals surface area contributed by atoms with Crippen LogP contribution in [0, 0.1) is 27.3 Å². The van der Waals surface area contributed by atoms with Gasteiger partial charge in [0.25, 0.3) is 5.69 Å². The molecule has 0 spiro atoms. The molecule has 1 aromatic carbocycles. The molecular formula is C12H12BrFN4O2. The second-order valence-corrected chi connectivity index (χ2v) is 5.29. The standard InChI is InChI=1S/C12H12BrFN4O2/c13-9-7-12(18(19)20)11(8-10(9)14)17-5-3-16(2-1-15)4-6-17/h7-8H,2-6H2. The van der Waals surface area contributed by atoms with E-state index in [2.05, 4.69) is 22.0 Å².